The lowest BCUT2D eigenvalue weighted by molar-refractivity contribution is 0.263. The van der Waals surface area contributed by atoms with Crippen LogP contribution in [0.15, 0.2) is 23.1 Å². The topological polar surface area (TPSA) is 58.6 Å². The third-order valence-corrected chi connectivity index (χ3v) is 6.13. The molecule has 1 atom stereocenters. The van der Waals surface area contributed by atoms with E-state index in [0.29, 0.717) is 30.5 Å². The van der Waals surface area contributed by atoms with Gasteiger partial charge in [-0.1, -0.05) is 0 Å². The summed E-state index contributed by atoms with van der Waals surface area (Å²) < 4.78 is 32.7. The predicted octanol–water partition coefficient (Wildman–Crippen LogP) is 1.66. The minimum Gasteiger partial charge on any atom is -0.493 e. The van der Waals surface area contributed by atoms with Crippen molar-refractivity contribution in [2.45, 2.75) is 24.2 Å². The van der Waals surface area contributed by atoms with Crippen LogP contribution in [0.1, 0.15) is 18.4 Å². The molecule has 124 valence electrons. The Morgan fingerprint density at radius 3 is 3.00 bits per heavy atom. The first kappa shape index (κ1) is 17.5. The van der Waals surface area contributed by atoms with Gasteiger partial charge < -0.3 is 10.1 Å². The molecule has 2 aliphatic rings. The van der Waals surface area contributed by atoms with Gasteiger partial charge in [0, 0.05) is 19.5 Å². The molecule has 0 aliphatic carbocycles. The standard InChI is InChI=1S/C15H22N2O3S.ClH/c1-16-10-12-3-2-7-17(11-12)21(18,19)14-4-5-15-13(9-14)6-8-20-15;/h4-5,9,12,16H,2-3,6-8,10-11H2,1H3;1H. The van der Waals surface area contributed by atoms with Gasteiger partial charge in [-0.25, -0.2) is 8.42 Å². The van der Waals surface area contributed by atoms with Crippen LogP contribution in [0.3, 0.4) is 0 Å². The number of nitrogens with one attached hydrogen (secondary N) is 1. The second kappa shape index (κ2) is 7.17. The van der Waals surface area contributed by atoms with Gasteiger partial charge in [0.2, 0.25) is 10.0 Å². The maximum atomic E-state index is 12.8. The van der Waals surface area contributed by atoms with Gasteiger partial charge in [-0.05, 0) is 56.1 Å². The van der Waals surface area contributed by atoms with E-state index in [9.17, 15) is 8.42 Å². The average Bonchev–Trinajstić information content (AvgIpc) is 2.95. The minimum absolute atomic E-state index is 0. The van der Waals surface area contributed by atoms with Crippen LogP contribution in [0.25, 0.3) is 0 Å². The van der Waals surface area contributed by atoms with Crippen LogP contribution in [0.4, 0.5) is 0 Å². The zero-order valence-corrected chi connectivity index (χ0v) is 14.4. The van der Waals surface area contributed by atoms with Crippen LogP contribution in [0.2, 0.25) is 0 Å². The lowest BCUT2D eigenvalue weighted by Crippen LogP contribution is -2.42. The predicted molar refractivity (Wildman–Crippen MR) is 88.3 cm³/mol. The number of benzene rings is 1. The molecule has 0 saturated carbocycles. The second-order valence-electron chi connectivity index (χ2n) is 5.80. The van der Waals surface area contributed by atoms with Crippen LogP contribution >= 0.6 is 12.4 Å². The number of rotatable bonds is 4. The van der Waals surface area contributed by atoms with Gasteiger partial charge in [0.1, 0.15) is 5.75 Å². The fraction of sp³-hybridized carbons (Fsp3) is 0.600. The van der Waals surface area contributed by atoms with Crippen molar-refractivity contribution in [2.75, 3.05) is 33.3 Å². The molecule has 1 aromatic rings. The van der Waals surface area contributed by atoms with Gasteiger partial charge in [0.05, 0.1) is 11.5 Å². The monoisotopic (exact) mass is 346 g/mol. The molecule has 0 aromatic heterocycles. The molecule has 0 spiro atoms. The summed E-state index contributed by atoms with van der Waals surface area (Å²) in [6.07, 6.45) is 2.81. The van der Waals surface area contributed by atoms with Crippen molar-refractivity contribution in [3.8, 4) is 5.75 Å². The fourth-order valence-electron chi connectivity index (χ4n) is 3.17. The highest BCUT2D eigenvalue weighted by molar-refractivity contribution is 7.89. The van der Waals surface area contributed by atoms with E-state index in [4.69, 9.17) is 4.74 Å². The van der Waals surface area contributed by atoms with Gasteiger partial charge >= 0.3 is 0 Å². The van der Waals surface area contributed by atoms with Crippen LogP contribution in [0.5, 0.6) is 5.75 Å². The molecule has 0 amide bonds. The van der Waals surface area contributed by atoms with Crippen molar-refractivity contribution in [3.05, 3.63) is 23.8 Å². The van der Waals surface area contributed by atoms with Crippen molar-refractivity contribution in [1.82, 2.24) is 9.62 Å². The Bertz CT molecular complexity index is 619. The molecule has 1 saturated heterocycles. The summed E-state index contributed by atoms with van der Waals surface area (Å²) in [7, 11) is -1.47. The number of hydrogen-bond acceptors (Lipinski definition) is 4. The molecular formula is C15H23ClN2O3S. The molecule has 3 rings (SSSR count). The first-order valence-corrected chi connectivity index (χ1v) is 8.96. The first-order chi connectivity index (χ1) is 10.1. The minimum atomic E-state index is -3.38. The number of piperidine rings is 1. The molecule has 5 nitrogen and oxygen atoms in total. The number of ether oxygens (including phenoxy) is 1. The van der Waals surface area contributed by atoms with E-state index in [0.717, 1.165) is 37.1 Å². The molecule has 22 heavy (non-hydrogen) atoms. The summed E-state index contributed by atoms with van der Waals surface area (Å²) in [6, 6.07) is 5.23. The number of sulfonamides is 1. The van der Waals surface area contributed by atoms with Crippen LogP contribution in [-0.2, 0) is 16.4 Å². The Kier molecular flexibility index (Phi) is 5.71. The normalized spacial score (nSPS) is 21.8. The Morgan fingerprint density at radius 1 is 1.41 bits per heavy atom. The maximum Gasteiger partial charge on any atom is 0.243 e. The van der Waals surface area contributed by atoms with E-state index in [1.165, 1.54) is 0 Å². The van der Waals surface area contributed by atoms with Crippen molar-refractivity contribution in [2.24, 2.45) is 5.92 Å². The summed E-state index contributed by atoms with van der Waals surface area (Å²) in [5.41, 5.74) is 1.000. The zero-order chi connectivity index (χ0) is 14.9. The molecule has 1 aromatic carbocycles. The maximum absolute atomic E-state index is 12.8. The Morgan fingerprint density at radius 2 is 2.23 bits per heavy atom. The summed E-state index contributed by atoms with van der Waals surface area (Å²) in [4.78, 5) is 0.400. The van der Waals surface area contributed by atoms with E-state index in [-0.39, 0.29) is 12.4 Å². The second-order valence-corrected chi connectivity index (χ2v) is 7.73. The van der Waals surface area contributed by atoms with Crippen LogP contribution in [0, 0.1) is 5.92 Å². The van der Waals surface area contributed by atoms with E-state index in [1.807, 2.05) is 7.05 Å². The molecule has 7 heteroatoms. The smallest absolute Gasteiger partial charge is 0.243 e. The highest BCUT2D eigenvalue weighted by atomic mass is 35.5. The van der Waals surface area contributed by atoms with Crippen LogP contribution < -0.4 is 10.1 Å². The van der Waals surface area contributed by atoms with Gasteiger partial charge in [0.25, 0.3) is 0 Å². The van der Waals surface area contributed by atoms with E-state index >= 15 is 0 Å². The van der Waals surface area contributed by atoms with Gasteiger partial charge in [-0.3, -0.25) is 0 Å². The molecule has 0 radical (unpaired) electrons. The highest BCUT2D eigenvalue weighted by Gasteiger charge is 2.30. The van der Waals surface area contributed by atoms with Gasteiger partial charge in [0.15, 0.2) is 0 Å². The van der Waals surface area contributed by atoms with E-state index in [2.05, 4.69) is 5.32 Å². The van der Waals surface area contributed by atoms with Crippen LogP contribution in [-0.4, -0.2) is 46.0 Å². The summed E-state index contributed by atoms with van der Waals surface area (Å²) in [5.74, 6) is 1.22. The van der Waals surface area contributed by atoms with E-state index < -0.39 is 10.0 Å². The zero-order valence-electron chi connectivity index (χ0n) is 12.7. The van der Waals surface area contributed by atoms with E-state index in [1.54, 1.807) is 22.5 Å². The molecule has 2 heterocycles. The first-order valence-electron chi connectivity index (χ1n) is 7.52. The molecular weight excluding hydrogens is 324 g/mol. The molecule has 1 fully saturated rings. The molecule has 1 unspecified atom stereocenters. The molecule has 2 aliphatic heterocycles. The van der Waals surface area contributed by atoms with Gasteiger partial charge in [-0.2, -0.15) is 4.31 Å². The fourth-order valence-corrected chi connectivity index (χ4v) is 4.78. The SMILES string of the molecule is CNCC1CCCN(S(=O)(=O)c2ccc3c(c2)CCO3)C1.Cl. The third kappa shape index (κ3) is 3.40. The highest BCUT2D eigenvalue weighted by Crippen LogP contribution is 2.30. The molecule has 0 bridgehead atoms. The number of halogens is 1. The van der Waals surface area contributed by atoms with Gasteiger partial charge in [-0.15, -0.1) is 12.4 Å². The Balaban J connectivity index is 0.00000176. The lowest BCUT2D eigenvalue weighted by Gasteiger charge is -2.31. The lowest BCUT2D eigenvalue weighted by atomic mass is 10.00. The van der Waals surface area contributed by atoms with Crippen molar-refractivity contribution in [1.29, 1.82) is 0 Å². The quantitative estimate of drug-likeness (QED) is 0.901. The number of nitrogens with zero attached hydrogens (tertiary/aromatic N) is 1. The summed E-state index contributed by atoms with van der Waals surface area (Å²) in [5, 5.41) is 3.15. The summed E-state index contributed by atoms with van der Waals surface area (Å²) >= 11 is 0. The largest absolute Gasteiger partial charge is 0.493 e. The Hall–Kier alpha value is -0.820. The Labute approximate surface area is 138 Å². The molecule has 1 N–H and O–H groups in total. The van der Waals surface area contributed by atoms with Crippen molar-refractivity contribution >= 4 is 22.4 Å². The summed E-state index contributed by atoms with van der Waals surface area (Å²) in [6.45, 7) is 2.74. The third-order valence-electron chi connectivity index (χ3n) is 4.27. The van der Waals surface area contributed by atoms with Crippen molar-refractivity contribution < 1.29 is 13.2 Å². The number of fused-ring (bicyclic) bond motifs is 1. The average molecular weight is 347 g/mol. The number of hydrogen-bond donors (Lipinski definition) is 1. The van der Waals surface area contributed by atoms with Crippen molar-refractivity contribution in [3.63, 3.8) is 0 Å².